The van der Waals surface area contributed by atoms with Crippen molar-refractivity contribution in [2.24, 2.45) is 5.92 Å². The van der Waals surface area contributed by atoms with Gasteiger partial charge in [0, 0.05) is 16.9 Å². The maximum absolute atomic E-state index is 12.0. The molecule has 3 amide bonds. The van der Waals surface area contributed by atoms with Crippen LogP contribution in [0.4, 0.5) is 4.79 Å². The van der Waals surface area contributed by atoms with Crippen LogP contribution in [-0.2, 0) is 9.53 Å². The smallest absolute Gasteiger partial charge is 0.355 e. The quantitative estimate of drug-likeness (QED) is 0.733. The molecule has 1 aliphatic carbocycles. The van der Waals surface area contributed by atoms with Crippen LogP contribution in [0.3, 0.4) is 0 Å². The first kappa shape index (κ1) is 18.0. The third-order valence-electron chi connectivity index (χ3n) is 4.77. The molecule has 1 fully saturated rings. The minimum absolute atomic E-state index is 0.0745. The van der Waals surface area contributed by atoms with Crippen LogP contribution in [0.5, 0.6) is 0 Å². The van der Waals surface area contributed by atoms with Gasteiger partial charge in [0.2, 0.25) is 0 Å². The Balaban J connectivity index is 1.45. The number of rotatable bonds is 4. The van der Waals surface area contributed by atoms with Gasteiger partial charge in [-0.15, -0.1) is 0 Å². The third kappa shape index (κ3) is 4.41. The number of ether oxygens (including phenoxy) is 1. The molecular formula is C19H23N3O4. The van der Waals surface area contributed by atoms with Gasteiger partial charge in [0.05, 0.1) is 0 Å². The molecule has 26 heavy (non-hydrogen) atoms. The number of benzene rings is 1. The van der Waals surface area contributed by atoms with E-state index in [0.29, 0.717) is 5.92 Å². The van der Waals surface area contributed by atoms with Gasteiger partial charge in [-0.25, -0.2) is 9.59 Å². The molecule has 2 aromatic rings. The van der Waals surface area contributed by atoms with Crippen LogP contribution < -0.4 is 10.6 Å². The monoisotopic (exact) mass is 357 g/mol. The number of carbonyl (C=O) groups is 3. The van der Waals surface area contributed by atoms with E-state index in [-0.39, 0.29) is 11.7 Å². The summed E-state index contributed by atoms with van der Waals surface area (Å²) in [5.74, 6) is -0.905. The molecule has 2 atom stereocenters. The fraction of sp³-hybridized carbons (Fsp3) is 0.421. The molecule has 7 heteroatoms. The summed E-state index contributed by atoms with van der Waals surface area (Å²) in [6.45, 7) is 1.58. The van der Waals surface area contributed by atoms with E-state index in [9.17, 15) is 14.4 Å². The zero-order valence-electron chi connectivity index (χ0n) is 14.7. The normalized spacial score (nSPS) is 19.7. The van der Waals surface area contributed by atoms with Gasteiger partial charge >= 0.3 is 12.0 Å². The second-order valence-electron chi connectivity index (χ2n) is 6.74. The molecule has 1 heterocycles. The molecule has 1 aromatic carbocycles. The van der Waals surface area contributed by atoms with Crippen molar-refractivity contribution in [3.63, 3.8) is 0 Å². The summed E-state index contributed by atoms with van der Waals surface area (Å²) in [6.07, 6.45) is 4.23. The first-order valence-corrected chi connectivity index (χ1v) is 8.88. The lowest BCUT2D eigenvalue weighted by molar-refractivity contribution is -0.123. The lowest BCUT2D eigenvalue weighted by Gasteiger charge is -2.29. The van der Waals surface area contributed by atoms with Crippen LogP contribution in [0.25, 0.3) is 10.9 Å². The molecule has 0 radical (unpaired) electrons. The van der Waals surface area contributed by atoms with E-state index in [1.807, 2.05) is 24.3 Å². The molecule has 0 aliphatic heterocycles. The Morgan fingerprint density at radius 1 is 1.19 bits per heavy atom. The lowest BCUT2D eigenvalue weighted by atomic mass is 9.86. The Morgan fingerprint density at radius 3 is 2.73 bits per heavy atom. The van der Waals surface area contributed by atoms with Crippen LogP contribution in [-0.4, -0.2) is 35.5 Å². The van der Waals surface area contributed by atoms with E-state index in [1.165, 1.54) is 6.42 Å². The average molecular weight is 357 g/mol. The number of imide groups is 1. The van der Waals surface area contributed by atoms with Crippen molar-refractivity contribution in [2.75, 3.05) is 6.61 Å². The Bertz CT molecular complexity index is 781. The van der Waals surface area contributed by atoms with Gasteiger partial charge in [0.1, 0.15) is 5.69 Å². The fourth-order valence-corrected chi connectivity index (χ4v) is 3.29. The Morgan fingerprint density at radius 2 is 1.96 bits per heavy atom. The molecule has 3 N–H and O–H groups in total. The Hall–Kier alpha value is -2.83. The zero-order valence-corrected chi connectivity index (χ0v) is 14.7. The summed E-state index contributed by atoms with van der Waals surface area (Å²) in [5.41, 5.74) is 1.07. The second-order valence-corrected chi connectivity index (χ2v) is 6.74. The van der Waals surface area contributed by atoms with Crippen molar-refractivity contribution in [3.05, 3.63) is 36.0 Å². The average Bonchev–Trinajstić information content (AvgIpc) is 3.06. The summed E-state index contributed by atoms with van der Waals surface area (Å²) < 4.78 is 4.97. The van der Waals surface area contributed by atoms with E-state index in [1.54, 1.807) is 6.07 Å². The number of hydrogen-bond acceptors (Lipinski definition) is 4. The number of fused-ring (bicyclic) bond motifs is 1. The summed E-state index contributed by atoms with van der Waals surface area (Å²) in [5, 5.41) is 5.90. The molecular weight excluding hydrogens is 334 g/mol. The molecule has 3 rings (SSSR count). The molecule has 0 saturated heterocycles. The second kappa shape index (κ2) is 8.03. The van der Waals surface area contributed by atoms with Crippen molar-refractivity contribution >= 4 is 28.8 Å². The van der Waals surface area contributed by atoms with E-state index >= 15 is 0 Å². The van der Waals surface area contributed by atoms with Crippen LogP contribution in [0.1, 0.15) is 43.1 Å². The van der Waals surface area contributed by atoms with E-state index in [0.717, 1.165) is 30.2 Å². The fourth-order valence-electron chi connectivity index (χ4n) is 3.29. The minimum atomic E-state index is -0.657. The van der Waals surface area contributed by atoms with Gasteiger partial charge < -0.3 is 15.0 Å². The van der Waals surface area contributed by atoms with E-state index < -0.39 is 24.5 Å². The van der Waals surface area contributed by atoms with Crippen LogP contribution in [0.2, 0.25) is 0 Å². The lowest BCUT2D eigenvalue weighted by Crippen LogP contribution is -2.48. The summed E-state index contributed by atoms with van der Waals surface area (Å²) in [7, 11) is 0. The number of hydrogen-bond donors (Lipinski definition) is 3. The van der Waals surface area contributed by atoms with Crippen molar-refractivity contribution < 1.29 is 19.1 Å². The maximum atomic E-state index is 12.0. The molecule has 2 unspecified atom stereocenters. The van der Waals surface area contributed by atoms with E-state index in [4.69, 9.17) is 4.74 Å². The number of H-pyrrole nitrogens is 1. The highest BCUT2D eigenvalue weighted by atomic mass is 16.5. The van der Waals surface area contributed by atoms with Crippen molar-refractivity contribution in [1.29, 1.82) is 0 Å². The Labute approximate surface area is 151 Å². The number of carbonyl (C=O) groups excluding carboxylic acids is 3. The molecule has 138 valence electrons. The summed E-state index contributed by atoms with van der Waals surface area (Å²) >= 11 is 0. The SMILES string of the molecule is CC1CCCCC1NC(=O)NC(=O)COC(=O)c1cc2ccccc2[nH]1. The van der Waals surface area contributed by atoms with Gasteiger partial charge in [0.15, 0.2) is 6.61 Å². The van der Waals surface area contributed by atoms with Gasteiger partial charge in [-0.1, -0.05) is 38.0 Å². The first-order chi connectivity index (χ1) is 12.5. The molecule has 1 aromatic heterocycles. The number of aromatic amines is 1. The van der Waals surface area contributed by atoms with Crippen molar-refractivity contribution in [3.8, 4) is 0 Å². The van der Waals surface area contributed by atoms with Gasteiger partial charge in [0.25, 0.3) is 5.91 Å². The molecule has 0 bridgehead atoms. The molecule has 1 saturated carbocycles. The molecule has 7 nitrogen and oxygen atoms in total. The standard InChI is InChI=1S/C19H23N3O4/c1-12-6-2-4-8-14(12)21-19(25)22-17(23)11-26-18(24)16-10-13-7-3-5-9-15(13)20-16/h3,5,7,9-10,12,14,20H,2,4,6,8,11H2,1H3,(H2,21,22,23,25). The minimum Gasteiger partial charge on any atom is -0.451 e. The van der Waals surface area contributed by atoms with Crippen molar-refractivity contribution in [1.82, 2.24) is 15.6 Å². The van der Waals surface area contributed by atoms with Crippen LogP contribution in [0, 0.1) is 5.92 Å². The highest BCUT2D eigenvalue weighted by Crippen LogP contribution is 2.23. The van der Waals surface area contributed by atoms with E-state index in [2.05, 4.69) is 22.5 Å². The van der Waals surface area contributed by atoms with Crippen LogP contribution >= 0.6 is 0 Å². The van der Waals surface area contributed by atoms with Gasteiger partial charge in [-0.3, -0.25) is 10.1 Å². The molecule has 0 spiro atoms. The summed E-state index contributed by atoms with van der Waals surface area (Å²) in [4.78, 5) is 38.7. The zero-order chi connectivity index (χ0) is 18.5. The summed E-state index contributed by atoms with van der Waals surface area (Å²) in [6, 6.07) is 8.62. The topological polar surface area (TPSA) is 100 Å². The number of urea groups is 1. The predicted molar refractivity (Wildman–Crippen MR) is 96.7 cm³/mol. The van der Waals surface area contributed by atoms with Crippen molar-refractivity contribution in [2.45, 2.75) is 38.6 Å². The third-order valence-corrected chi connectivity index (χ3v) is 4.77. The number of amides is 3. The van der Waals surface area contributed by atoms with Crippen LogP contribution in [0.15, 0.2) is 30.3 Å². The predicted octanol–water partition coefficient (Wildman–Crippen LogP) is 2.73. The number of nitrogens with one attached hydrogen (secondary N) is 3. The van der Waals surface area contributed by atoms with Gasteiger partial charge in [-0.2, -0.15) is 0 Å². The number of esters is 1. The molecule has 1 aliphatic rings. The maximum Gasteiger partial charge on any atom is 0.355 e. The Kier molecular flexibility index (Phi) is 5.55. The van der Waals surface area contributed by atoms with Gasteiger partial charge in [-0.05, 0) is 30.9 Å². The highest BCUT2D eigenvalue weighted by molar-refractivity contribution is 5.98. The largest absolute Gasteiger partial charge is 0.451 e. The number of para-hydroxylation sites is 1. The first-order valence-electron chi connectivity index (χ1n) is 8.88. The highest BCUT2D eigenvalue weighted by Gasteiger charge is 2.23. The number of aromatic nitrogens is 1.